The van der Waals surface area contributed by atoms with E-state index in [-0.39, 0.29) is 6.10 Å². The summed E-state index contributed by atoms with van der Waals surface area (Å²) in [4.78, 5) is 0. The lowest BCUT2D eigenvalue weighted by Gasteiger charge is -2.16. The van der Waals surface area contributed by atoms with Crippen LogP contribution in [0.2, 0.25) is 0 Å². The molecule has 0 saturated heterocycles. The van der Waals surface area contributed by atoms with E-state index in [1.165, 1.54) is 12.8 Å². The topological polar surface area (TPSA) is 53.7 Å². The maximum absolute atomic E-state index is 6.11. The molecule has 0 atom stereocenters. The lowest BCUT2D eigenvalue weighted by molar-refractivity contribution is 0.201. The van der Waals surface area contributed by atoms with Gasteiger partial charge in [0, 0.05) is 11.6 Å². The number of nitrogens with zero attached hydrogens (tertiary/aromatic N) is 1. The minimum atomic E-state index is 0.264. The molecule has 0 aliphatic heterocycles. The third-order valence-corrected chi connectivity index (χ3v) is 4.09. The fourth-order valence-electron chi connectivity index (χ4n) is 2.76. The highest BCUT2D eigenvalue weighted by Gasteiger charge is 2.19. The van der Waals surface area contributed by atoms with E-state index < -0.39 is 0 Å². The van der Waals surface area contributed by atoms with E-state index in [4.69, 9.17) is 18.7 Å². The normalized spacial score (nSPS) is 14.7. The van der Waals surface area contributed by atoms with Crippen molar-refractivity contribution in [3.05, 3.63) is 36.6 Å². The van der Waals surface area contributed by atoms with Gasteiger partial charge in [-0.15, -0.1) is 0 Å². The second-order valence-electron chi connectivity index (χ2n) is 5.59. The van der Waals surface area contributed by atoms with Gasteiger partial charge in [-0.1, -0.05) is 11.7 Å². The van der Waals surface area contributed by atoms with Crippen molar-refractivity contribution in [1.82, 2.24) is 5.16 Å². The summed E-state index contributed by atoms with van der Waals surface area (Å²) >= 11 is 0. The number of aromatic nitrogens is 1. The van der Waals surface area contributed by atoms with Gasteiger partial charge in [0.15, 0.2) is 17.3 Å². The number of hydrogen-bond acceptors (Lipinski definition) is 5. The fourth-order valence-corrected chi connectivity index (χ4v) is 2.76. The zero-order valence-electron chi connectivity index (χ0n) is 13.5. The summed E-state index contributed by atoms with van der Waals surface area (Å²) in [6.07, 6.45) is 4.89. The van der Waals surface area contributed by atoms with Crippen molar-refractivity contribution in [2.75, 3.05) is 14.2 Å². The van der Waals surface area contributed by atoms with Gasteiger partial charge in [-0.2, -0.15) is 0 Å². The molecule has 0 spiro atoms. The van der Waals surface area contributed by atoms with E-state index in [2.05, 4.69) is 11.7 Å². The molecule has 1 aliphatic carbocycles. The van der Waals surface area contributed by atoms with Crippen molar-refractivity contribution < 1.29 is 18.7 Å². The Kier molecular flexibility index (Phi) is 4.55. The van der Waals surface area contributed by atoms with Crippen molar-refractivity contribution in [2.45, 2.75) is 31.8 Å². The maximum atomic E-state index is 6.11. The molecule has 5 nitrogen and oxygen atoms in total. The molecule has 0 amide bonds. The van der Waals surface area contributed by atoms with Gasteiger partial charge in [-0.05, 0) is 43.9 Å². The Balaban J connectivity index is 1.87. The zero-order chi connectivity index (χ0) is 16.2. The largest absolute Gasteiger partial charge is 0.493 e. The van der Waals surface area contributed by atoms with Crippen molar-refractivity contribution in [3.8, 4) is 22.8 Å². The average molecular weight is 315 g/mol. The summed E-state index contributed by atoms with van der Waals surface area (Å²) in [6.45, 7) is 3.76. The van der Waals surface area contributed by atoms with E-state index in [1.54, 1.807) is 20.3 Å². The SMILES string of the molecule is C=C(OC)c1cc(-c2ccc(OC)c(OC3CCCC3)c2)no1. The Labute approximate surface area is 135 Å². The van der Waals surface area contributed by atoms with E-state index in [0.717, 1.165) is 29.9 Å². The molecule has 1 aliphatic rings. The molecule has 0 N–H and O–H groups in total. The average Bonchev–Trinajstić information content (AvgIpc) is 3.25. The van der Waals surface area contributed by atoms with Crippen molar-refractivity contribution in [3.63, 3.8) is 0 Å². The monoisotopic (exact) mass is 315 g/mol. The van der Waals surface area contributed by atoms with Gasteiger partial charge in [0.05, 0.1) is 20.3 Å². The Morgan fingerprint density at radius 3 is 2.65 bits per heavy atom. The van der Waals surface area contributed by atoms with Crippen LogP contribution in [0.5, 0.6) is 11.5 Å². The van der Waals surface area contributed by atoms with Crippen LogP contribution in [0, 0.1) is 0 Å². The van der Waals surface area contributed by atoms with Crippen LogP contribution in [0.1, 0.15) is 31.4 Å². The Bertz CT molecular complexity index is 686. The first kappa shape index (κ1) is 15.5. The maximum Gasteiger partial charge on any atom is 0.201 e. The van der Waals surface area contributed by atoms with Gasteiger partial charge in [0.1, 0.15) is 5.69 Å². The van der Waals surface area contributed by atoms with Crippen molar-refractivity contribution in [2.24, 2.45) is 0 Å². The second-order valence-corrected chi connectivity index (χ2v) is 5.59. The highest BCUT2D eigenvalue weighted by Crippen LogP contribution is 2.35. The summed E-state index contributed by atoms with van der Waals surface area (Å²) < 4.78 is 21.8. The van der Waals surface area contributed by atoms with Gasteiger partial charge in [-0.25, -0.2) is 0 Å². The molecule has 5 heteroatoms. The van der Waals surface area contributed by atoms with Gasteiger partial charge in [0.2, 0.25) is 5.76 Å². The predicted octanol–water partition coefficient (Wildman–Crippen LogP) is 4.29. The Morgan fingerprint density at radius 2 is 1.96 bits per heavy atom. The molecule has 1 fully saturated rings. The first-order chi connectivity index (χ1) is 11.2. The molecule has 1 saturated carbocycles. The molecular formula is C18H21NO4. The summed E-state index contributed by atoms with van der Waals surface area (Å²) in [6, 6.07) is 7.55. The minimum absolute atomic E-state index is 0.264. The number of rotatable bonds is 6. The van der Waals surface area contributed by atoms with Gasteiger partial charge in [-0.3, -0.25) is 0 Å². The van der Waals surface area contributed by atoms with Gasteiger partial charge >= 0.3 is 0 Å². The third kappa shape index (κ3) is 3.33. The molecule has 0 unspecified atom stereocenters. The van der Waals surface area contributed by atoms with E-state index in [1.807, 2.05) is 18.2 Å². The van der Waals surface area contributed by atoms with Crippen molar-refractivity contribution in [1.29, 1.82) is 0 Å². The van der Waals surface area contributed by atoms with Crippen molar-refractivity contribution >= 4 is 5.76 Å². The molecule has 1 aromatic heterocycles. The lowest BCUT2D eigenvalue weighted by atomic mass is 10.1. The van der Waals surface area contributed by atoms with Crippen LogP contribution < -0.4 is 9.47 Å². The van der Waals surface area contributed by atoms with Crippen LogP contribution in [-0.2, 0) is 4.74 Å². The summed E-state index contributed by atoms with van der Waals surface area (Å²) in [7, 11) is 3.19. The van der Waals surface area contributed by atoms with E-state index in [0.29, 0.717) is 17.2 Å². The zero-order valence-corrected chi connectivity index (χ0v) is 13.5. The molecular weight excluding hydrogens is 294 g/mol. The fraction of sp³-hybridized carbons (Fsp3) is 0.389. The molecule has 1 aromatic carbocycles. The van der Waals surface area contributed by atoms with Gasteiger partial charge in [0.25, 0.3) is 0 Å². The minimum Gasteiger partial charge on any atom is -0.493 e. The highest BCUT2D eigenvalue weighted by atomic mass is 16.5. The molecule has 2 aromatic rings. The summed E-state index contributed by atoms with van der Waals surface area (Å²) in [5, 5.41) is 4.07. The van der Waals surface area contributed by atoms with Gasteiger partial charge < -0.3 is 18.7 Å². The Hall–Kier alpha value is -2.43. The molecule has 1 heterocycles. The quantitative estimate of drug-likeness (QED) is 0.744. The number of hydrogen-bond donors (Lipinski definition) is 0. The lowest BCUT2D eigenvalue weighted by Crippen LogP contribution is -2.11. The molecule has 3 rings (SSSR count). The third-order valence-electron chi connectivity index (χ3n) is 4.09. The molecule has 122 valence electrons. The van der Waals surface area contributed by atoms with Crippen LogP contribution in [0.4, 0.5) is 0 Å². The van der Waals surface area contributed by atoms with E-state index in [9.17, 15) is 0 Å². The standard InChI is InChI=1S/C18H21NO4/c1-12(20-2)17-11-15(19-23-17)13-8-9-16(21-3)18(10-13)22-14-6-4-5-7-14/h8-11,14H,1,4-7H2,2-3H3. The molecule has 0 bridgehead atoms. The highest BCUT2D eigenvalue weighted by molar-refractivity contribution is 5.66. The second kappa shape index (κ2) is 6.77. The summed E-state index contributed by atoms with van der Waals surface area (Å²) in [5.41, 5.74) is 1.61. The van der Waals surface area contributed by atoms with Crippen LogP contribution in [-0.4, -0.2) is 25.5 Å². The molecule has 23 heavy (non-hydrogen) atoms. The van der Waals surface area contributed by atoms with E-state index >= 15 is 0 Å². The van der Waals surface area contributed by atoms with Crippen LogP contribution >= 0.6 is 0 Å². The van der Waals surface area contributed by atoms with Crippen LogP contribution in [0.25, 0.3) is 17.0 Å². The number of methoxy groups -OCH3 is 2. The first-order valence-corrected chi connectivity index (χ1v) is 7.76. The van der Waals surface area contributed by atoms with Crippen LogP contribution in [0.15, 0.2) is 35.4 Å². The smallest absolute Gasteiger partial charge is 0.201 e. The number of benzene rings is 1. The van der Waals surface area contributed by atoms with Crippen LogP contribution in [0.3, 0.4) is 0 Å². The first-order valence-electron chi connectivity index (χ1n) is 7.76. The Morgan fingerprint density at radius 1 is 1.17 bits per heavy atom. The summed E-state index contributed by atoms with van der Waals surface area (Å²) in [5.74, 6) is 2.42. The molecule has 0 radical (unpaired) electrons. The number of ether oxygens (including phenoxy) is 3. The predicted molar refractivity (Wildman–Crippen MR) is 87.4 cm³/mol.